The SMILES string of the molecule is Clc1nccc(-c2ccc3ccc4cccc5ccc2c3c45)n1. The van der Waals surface area contributed by atoms with Gasteiger partial charge in [0.2, 0.25) is 5.28 Å². The van der Waals surface area contributed by atoms with Crippen LogP contribution in [-0.4, -0.2) is 9.97 Å². The van der Waals surface area contributed by atoms with E-state index in [1.807, 2.05) is 6.07 Å². The van der Waals surface area contributed by atoms with E-state index in [0.717, 1.165) is 11.3 Å². The van der Waals surface area contributed by atoms with Crippen LogP contribution in [0.2, 0.25) is 5.28 Å². The normalized spacial score (nSPS) is 11.7. The second-order valence-corrected chi connectivity index (χ2v) is 6.02. The molecule has 0 saturated heterocycles. The van der Waals surface area contributed by atoms with Gasteiger partial charge in [-0.1, -0.05) is 54.6 Å². The Bertz CT molecular complexity index is 1160. The molecule has 0 atom stereocenters. The zero-order valence-electron chi connectivity index (χ0n) is 12.1. The third-order valence-corrected chi connectivity index (χ3v) is 4.61. The molecule has 0 aliphatic carbocycles. The summed E-state index contributed by atoms with van der Waals surface area (Å²) >= 11 is 5.98. The lowest BCUT2D eigenvalue weighted by Crippen LogP contribution is -1.90. The van der Waals surface area contributed by atoms with Crippen LogP contribution in [0.25, 0.3) is 43.6 Å². The van der Waals surface area contributed by atoms with Crippen LogP contribution < -0.4 is 0 Å². The summed E-state index contributed by atoms with van der Waals surface area (Å²) in [7, 11) is 0. The Hall–Kier alpha value is -2.71. The summed E-state index contributed by atoms with van der Waals surface area (Å²) in [5.74, 6) is 0. The van der Waals surface area contributed by atoms with Gasteiger partial charge >= 0.3 is 0 Å². The van der Waals surface area contributed by atoms with Crippen molar-refractivity contribution < 1.29 is 0 Å². The molecule has 4 aromatic carbocycles. The number of hydrogen-bond donors (Lipinski definition) is 0. The van der Waals surface area contributed by atoms with Gasteiger partial charge in [-0.2, -0.15) is 0 Å². The van der Waals surface area contributed by atoms with Gasteiger partial charge in [0.25, 0.3) is 0 Å². The molecule has 0 fully saturated rings. The number of nitrogens with zero attached hydrogens (tertiary/aromatic N) is 2. The van der Waals surface area contributed by atoms with Crippen molar-refractivity contribution in [1.29, 1.82) is 0 Å². The summed E-state index contributed by atoms with van der Waals surface area (Å²) in [6.07, 6.45) is 1.70. The fraction of sp³-hybridized carbons (Fsp3) is 0. The molecular formula is C20H11ClN2. The molecule has 0 spiro atoms. The Balaban J connectivity index is 1.99. The lowest BCUT2D eigenvalue weighted by atomic mass is 9.91. The van der Waals surface area contributed by atoms with E-state index in [1.54, 1.807) is 6.20 Å². The highest BCUT2D eigenvalue weighted by Gasteiger charge is 2.12. The van der Waals surface area contributed by atoms with Gasteiger partial charge in [0, 0.05) is 11.8 Å². The summed E-state index contributed by atoms with van der Waals surface area (Å²) in [5, 5.41) is 7.83. The van der Waals surface area contributed by atoms with Crippen molar-refractivity contribution in [1.82, 2.24) is 9.97 Å². The van der Waals surface area contributed by atoms with E-state index >= 15 is 0 Å². The average Bonchev–Trinajstić information content (AvgIpc) is 2.59. The zero-order valence-corrected chi connectivity index (χ0v) is 12.9. The lowest BCUT2D eigenvalue weighted by Gasteiger charge is -2.13. The van der Waals surface area contributed by atoms with Gasteiger partial charge in [-0.3, -0.25) is 0 Å². The molecule has 108 valence electrons. The average molecular weight is 315 g/mol. The molecule has 5 rings (SSSR count). The summed E-state index contributed by atoms with van der Waals surface area (Å²) in [4.78, 5) is 8.36. The minimum Gasteiger partial charge on any atom is -0.226 e. The van der Waals surface area contributed by atoms with E-state index in [0.29, 0.717) is 0 Å². The molecule has 0 unspecified atom stereocenters. The highest BCUT2D eigenvalue weighted by Crippen LogP contribution is 2.38. The van der Waals surface area contributed by atoms with Crippen molar-refractivity contribution in [3.8, 4) is 11.3 Å². The largest absolute Gasteiger partial charge is 0.226 e. The monoisotopic (exact) mass is 314 g/mol. The topological polar surface area (TPSA) is 25.8 Å². The van der Waals surface area contributed by atoms with Crippen LogP contribution >= 0.6 is 11.6 Å². The van der Waals surface area contributed by atoms with Crippen molar-refractivity contribution >= 4 is 43.9 Å². The summed E-state index contributed by atoms with van der Waals surface area (Å²) < 4.78 is 0. The molecule has 1 heterocycles. The van der Waals surface area contributed by atoms with Crippen LogP contribution in [0.1, 0.15) is 0 Å². The molecule has 0 amide bonds. The molecule has 0 aliphatic rings. The second kappa shape index (κ2) is 4.64. The van der Waals surface area contributed by atoms with Gasteiger partial charge in [-0.25, -0.2) is 9.97 Å². The summed E-state index contributed by atoms with van der Waals surface area (Å²) in [5.41, 5.74) is 1.93. The van der Waals surface area contributed by atoms with E-state index in [-0.39, 0.29) is 5.28 Å². The van der Waals surface area contributed by atoms with Crippen molar-refractivity contribution in [3.05, 3.63) is 72.1 Å². The quantitative estimate of drug-likeness (QED) is 0.293. The molecule has 3 heteroatoms. The van der Waals surface area contributed by atoms with Crippen LogP contribution in [0.3, 0.4) is 0 Å². The molecule has 1 aromatic heterocycles. The maximum Gasteiger partial charge on any atom is 0.222 e. The lowest BCUT2D eigenvalue weighted by molar-refractivity contribution is 1.17. The number of halogens is 1. The van der Waals surface area contributed by atoms with Gasteiger partial charge in [0.05, 0.1) is 5.69 Å². The summed E-state index contributed by atoms with van der Waals surface area (Å²) in [6, 6.07) is 21.3. The van der Waals surface area contributed by atoms with Crippen LogP contribution in [0, 0.1) is 0 Å². The first-order valence-corrected chi connectivity index (χ1v) is 7.84. The molecule has 2 nitrogen and oxygen atoms in total. The van der Waals surface area contributed by atoms with Gasteiger partial charge < -0.3 is 0 Å². The Morgan fingerprint density at radius 3 is 2.17 bits per heavy atom. The van der Waals surface area contributed by atoms with Gasteiger partial charge in [-0.15, -0.1) is 0 Å². The molecule has 0 radical (unpaired) electrons. The van der Waals surface area contributed by atoms with E-state index < -0.39 is 0 Å². The molecule has 0 aliphatic heterocycles. The highest BCUT2D eigenvalue weighted by atomic mass is 35.5. The molecule has 5 aromatic rings. The van der Waals surface area contributed by atoms with E-state index in [1.165, 1.54) is 32.3 Å². The molecule has 0 N–H and O–H groups in total. The first-order chi connectivity index (χ1) is 11.3. The number of hydrogen-bond acceptors (Lipinski definition) is 2. The fourth-order valence-corrected chi connectivity index (χ4v) is 3.59. The minimum atomic E-state index is 0.271. The fourth-order valence-electron chi connectivity index (χ4n) is 3.44. The first kappa shape index (κ1) is 12.8. The molecule has 23 heavy (non-hydrogen) atoms. The second-order valence-electron chi connectivity index (χ2n) is 5.68. The van der Waals surface area contributed by atoms with Crippen molar-refractivity contribution in [3.63, 3.8) is 0 Å². The van der Waals surface area contributed by atoms with Crippen LogP contribution in [-0.2, 0) is 0 Å². The Labute approximate surface area is 137 Å². The predicted molar refractivity (Wildman–Crippen MR) is 96.2 cm³/mol. The van der Waals surface area contributed by atoms with E-state index in [2.05, 4.69) is 64.6 Å². The Morgan fingerprint density at radius 2 is 1.39 bits per heavy atom. The van der Waals surface area contributed by atoms with Gasteiger partial charge in [-0.05, 0) is 50.0 Å². The number of aromatic nitrogens is 2. The van der Waals surface area contributed by atoms with Crippen LogP contribution in [0.5, 0.6) is 0 Å². The third-order valence-electron chi connectivity index (χ3n) is 4.43. The minimum absolute atomic E-state index is 0.271. The van der Waals surface area contributed by atoms with Crippen LogP contribution in [0.4, 0.5) is 0 Å². The number of rotatable bonds is 1. The standard InChI is InChI=1S/C20H11ClN2/c21-20-22-11-10-17(23-20)15-8-6-14-5-4-12-2-1-3-13-7-9-16(15)19(14)18(12)13/h1-11H. The zero-order chi connectivity index (χ0) is 15.4. The van der Waals surface area contributed by atoms with Crippen molar-refractivity contribution in [2.24, 2.45) is 0 Å². The van der Waals surface area contributed by atoms with Gasteiger partial charge in [0.1, 0.15) is 0 Å². The molecule has 0 saturated carbocycles. The van der Waals surface area contributed by atoms with Crippen LogP contribution in [0.15, 0.2) is 66.9 Å². The Kier molecular flexibility index (Phi) is 2.58. The third kappa shape index (κ3) is 1.82. The molecule has 0 bridgehead atoms. The number of benzene rings is 4. The van der Waals surface area contributed by atoms with E-state index in [4.69, 9.17) is 11.6 Å². The molecular weight excluding hydrogens is 304 g/mol. The van der Waals surface area contributed by atoms with Gasteiger partial charge in [0.15, 0.2) is 0 Å². The summed E-state index contributed by atoms with van der Waals surface area (Å²) in [6.45, 7) is 0. The van der Waals surface area contributed by atoms with Crippen molar-refractivity contribution in [2.45, 2.75) is 0 Å². The predicted octanol–water partition coefficient (Wildman–Crippen LogP) is 5.69. The van der Waals surface area contributed by atoms with E-state index in [9.17, 15) is 0 Å². The Morgan fingerprint density at radius 1 is 0.696 bits per heavy atom. The first-order valence-electron chi connectivity index (χ1n) is 7.47. The maximum atomic E-state index is 5.98. The smallest absolute Gasteiger partial charge is 0.222 e. The highest BCUT2D eigenvalue weighted by molar-refractivity contribution is 6.28. The van der Waals surface area contributed by atoms with Crippen molar-refractivity contribution in [2.75, 3.05) is 0 Å². The maximum absolute atomic E-state index is 5.98.